The van der Waals surface area contributed by atoms with E-state index < -0.39 is 0 Å². The maximum Gasteiger partial charge on any atom is 0.146 e. The molecule has 1 aliphatic rings. The van der Waals surface area contributed by atoms with Crippen LogP contribution >= 0.6 is 0 Å². The monoisotopic (exact) mass is 221 g/mol. The van der Waals surface area contributed by atoms with Gasteiger partial charge in [0.2, 0.25) is 0 Å². The minimum atomic E-state index is 0.486. The summed E-state index contributed by atoms with van der Waals surface area (Å²) >= 11 is 0. The van der Waals surface area contributed by atoms with Gasteiger partial charge >= 0.3 is 0 Å². The number of nitrogens with two attached hydrogens (primary N) is 1. The fourth-order valence-corrected chi connectivity index (χ4v) is 1.95. The van der Waals surface area contributed by atoms with Crippen molar-refractivity contribution in [1.82, 2.24) is 20.0 Å². The Kier molecular flexibility index (Phi) is 3.69. The second-order valence-electron chi connectivity index (χ2n) is 4.16. The average Bonchev–Trinajstić information content (AvgIpc) is 2.33. The maximum absolute atomic E-state index is 5.50. The summed E-state index contributed by atoms with van der Waals surface area (Å²) in [5.41, 5.74) is 6.50. The number of piperazine rings is 1. The van der Waals surface area contributed by atoms with Gasteiger partial charge < -0.3 is 10.6 Å². The first-order chi connectivity index (χ1) is 7.78. The summed E-state index contributed by atoms with van der Waals surface area (Å²) in [6, 6.07) is 3.76. The maximum atomic E-state index is 5.50. The van der Waals surface area contributed by atoms with Crippen LogP contribution in [0.15, 0.2) is 12.1 Å². The highest BCUT2D eigenvalue weighted by atomic mass is 15.3. The Labute approximate surface area is 96.2 Å². The summed E-state index contributed by atoms with van der Waals surface area (Å²) in [7, 11) is 0. The minimum absolute atomic E-state index is 0.486. The average molecular weight is 221 g/mol. The third kappa shape index (κ3) is 2.90. The molecule has 16 heavy (non-hydrogen) atoms. The molecule has 2 heterocycles. The third-order valence-corrected chi connectivity index (χ3v) is 3.04. The number of nitrogen functional groups attached to an aromatic ring is 1. The SMILES string of the molecule is CCN1CCN(Cc2ccc(N)nn2)CC1. The van der Waals surface area contributed by atoms with Gasteiger partial charge in [0, 0.05) is 32.7 Å². The summed E-state index contributed by atoms with van der Waals surface area (Å²) in [6.45, 7) is 8.76. The summed E-state index contributed by atoms with van der Waals surface area (Å²) in [5, 5.41) is 7.95. The zero-order valence-corrected chi connectivity index (χ0v) is 9.76. The third-order valence-electron chi connectivity index (χ3n) is 3.04. The molecular formula is C11H19N5. The van der Waals surface area contributed by atoms with Crippen molar-refractivity contribution in [2.45, 2.75) is 13.5 Å². The van der Waals surface area contributed by atoms with E-state index in [2.05, 4.69) is 26.9 Å². The van der Waals surface area contributed by atoms with Crippen LogP contribution in [0.2, 0.25) is 0 Å². The van der Waals surface area contributed by atoms with Crippen molar-refractivity contribution in [2.24, 2.45) is 0 Å². The lowest BCUT2D eigenvalue weighted by molar-refractivity contribution is 0.130. The summed E-state index contributed by atoms with van der Waals surface area (Å²) in [4.78, 5) is 4.87. The number of hydrogen-bond donors (Lipinski definition) is 1. The number of aromatic nitrogens is 2. The van der Waals surface area contributed by atoms with Gasteiger partial charge in [-0.1, -0.05) is 6.92 Å². The van der Waals surface area contributed by atoms with Crippen LogP contribution < -0.4 is 5.73 Å². The molecule has 0 bridgehead atoms. The predicted molar refractivity (Wildman–Crippen MR) is 63.8 cm³/mol. The largest absolute Gasteiger partial charge is 0.382 e. The first-order valence-corrected chi connectivity index (χ1v) is 5.80. The molecule has 0 saturated carbocycles. The standard InChI is InChI=1S/C11H19N5/c1-2-15-5-7-16(8-6-15)9-10-3-4-11(12)14-13-10/h3-4H,2,5-9H2,1H3,(H2,12,14). The zero-order chi connectivity index (χ0) is 11.4. The molecule has 2 N–H and O–H groups in total. The molecular weight excluding hydrogens is 202 g/mol. The van der Waals surface area contributed by atoms with E-state index in [1.165, 1.54) is 0 Å². The van der Waals surface area contributed by atoms with Crippen LogP contribution in [-0.4, -0.2) is 52.7 Å². The van der Waals surface area contributed by atoms with Gasteiger partial charge in [0.25, 0.3) is 0 Å². The predicted octanol–water partition coefficient (Wildman–Crippen LogP) is 0.196. The smallest absolute Gasteiger partial charge is 0.146 e. The Bertz CT molecular complexity index is 316. The van der Waals surface area contributed by atoms with E-state index in [4.69, 9.17) is 5.73 Å². The van der Waals surface area contributed by atoms with Crippen LogP contribution in [0.3, 0.4) is 0 Å². The van der Waals surface area contributed by atoms with Gasteiger partial charge in [-0.2, -0.15) is 5.10 Å². The van der Waals surface area contributed by atoms with Crippen LogP contribution in [0.5, 0.6) is 0 Å². The quantitative estimate of drug-likeness (QED) is 0.790. The Balaban J connectivity index is 1.84. The molecule has 0 radical (unpaired) electrons. The summed E-state index contributed by atoms with van der Waals surface area (Å²) < 4.78 is 0. The topological polar surface area (TPSA) is 58.3 Å². The van der Waals surface area contributed by atoms with E-state index in [1.54, 1.807) is 0 Å². The van der Waals surface area contributed by atoms with Crippen LogP contribution in [-0.2, 0) is 6.54 Å². The molecule has 1 aromatic heterocycles. The van der Waals surface area contributed by atoms with E-state index >= 15 is 0 Å². The molecule has 1 fully saturated rings. The second kappa shape index (κ2) is 5.23. The van der Waals surface area contributed by atoms with Gasteiger partial charge in [-0.05, 0) is 18.7 Å². The highest BCUT2D eigenvalue weighted by Crippen LogP contribution is 2.06. The van der Waals surface area contributed by atoms with E-state index in [-0.39, 0.29) is 0 Å². The second-order valence-corrected chi connectivity index (χ2v) is 4.16. The lowest BCUT2D eigenvalue weighted by Gasteiger charge is -2.33. The molecule has 1 saturated heterocycles. The van der Waals surface area contributed by atoms with Crippen molar-refractivity contribution >= 4 is 5.82 Å². The Hall–Kier alpha value is -1.20. The molecule has 0 aromatic carbocycles. The molecule has 5 heteroatoms. The van der Waals surface area contributed by atoms with Crippen molar-refractivity contribution in [3.63, 3.8) is 0 Å². The molecule has 0 spiro atoms. The van der Waals surface area contributed by atoms with Gasteiger partial charge in [0.15, 0.2) is 0 Å². The van der Waals surface area contributed by atoms with Gasteiger partial charge in [-0.15, -0.1) is 5.10 Å². The number of anilines is 1. The highest BCUT2D eigenvalue weighted by molar-refractivity contribution is 5.25. The Morgan fingerprint density at radius 1 is 1.12 bits per heavy atom. The van der Waals surface area contributed by atoms with E-state index in [0.717, 1.165) is 45.0 Å². The highest BCUT2D eigenvalue weighted by Gasteiger charge is 2.15. The normalized spacial score (nSPS) is 18.8. The molecule has 0 aliphatic carbocycles. The van der Waals surface area contributed by atoms with E-state index in [1.807, 2.05) is 12.1 Å². The van der Waals surface area contributed by atoms with Gasteiger partial charge in [0.1, 0.15) is 5.82 Å². The van der Waals surface area contributed by atoms with Crippen LogP contribution in [0.1, 0.15) is 12.6 Å². The fourth-order valence-electron chi connectivity index (χ4n) is 1.95. The van der Waals surface area contributed by atoms with Crippen LogP contribution in [0.25, 0.3) is 0 Å². The Morgan fingerprint density at radius 2 is 1.81 bits per heavy atom. The molecule has 1 aliphatic heterocycles. The fraction of sp³-hybridized carbons (Fsp3) is 0.636. The van der Waals surface area contributed by atoms with Crippen molar-refractivity contribution < 1.29 is 0 Å². The van der Waals surface area contributed by atoms with Crippen molar-refractivity contribution in [2.75, 3.05) is 38.5 Å². The zero-order valence-electron chi connectivity index (χ0n) is 9.76. The summed E-state index contributed by atoms with van der Waals surface area (Å²) in [6.07, 6.45) is 0. The molecule has 1 aromatic rings. The van der Waals surface area contributed by atoms with E-state index in [9.17, 15) is 0 Å². The molecule has 88 valence electrons. The first-order valence-electron chi connectivity index (χ1n) is 5.80. The Morgan fingerprint density at radius 3 is 2.38 bits per heavy atom. The molecule has 0 atom stereocenters. The number of nitrogens with zero attached hydrogens (tertiary/aromatic N) is 4. The summed E-state index contributed by atoms with van der Waals surface area (Å²) in [5.74, 6) is 0.486. The first kappa shape index (κ1) is 11.3. The molecule has 0 amide bonds. The molecule has 2 rings (SSSR count). The van der Waals surface area contributed by atoms with Gasteiger partial charge in [-0.3, -0.25) is 4.90 Å². The van der Waals surface area contributed by atoms with Gasteiger partial charge in [0.05, 0.1) is 5.69 Å². The van der Waals surface area contributed by atoms with Gasteiger partial charge in [-0.25, -0.2) is 0 Å². The van der Waals surface area contributed by atoms with Crippen LogP contribution in [0, 0.1) is 0 Å². The lowest BCUT2D eigenvalue weighted by atomic mass is 10.3. The van der Waals surface area contributed by atoms with E-state index in [0.29, 0.717) is 5.82 Å². The van der Waals surface area contributed by atoms with Crippen molar-refractivity contribution in [3.8, 4) is 0 Å². The number of rotatable bonds is 3. The van der Waals surface area contributed by atoms with Crippen LogP contribution in [0.4, 0.5) is 5.82 Å². The number of hydrogen-bond acceptors (Lipinski definition) is 5. The molecule has 5 nitrogen and oxygen atoms in total. The van der Waals surface area contributed by atoms with Crippen molar-refractivity contribution in [3.05, 3.63) is 17.8 Å². The minimum Gasteiger partial charge on any atom is -0.382 e. The molecule has 0 unspecified atom stereocenters. The lowest BCUT2D eigenvalue weighted by Crippen LogP contribution is -2.45. The number of likely N-dealkylation sites (N-methyl/N-ethyl adjacent to an activating group) is 1. The van der Waals surface area contributed by atoms with Crippen molar-refractivity contribution in [1.29, 1.82) is 0 Å².